The summed E-state index contributed by atoms with van der Waals surface area (Å²) in [7, 11) is 1.50. The first kappa shape index (κ1) is 21.4. The molecule has 0 aliphatic carbocycles. The Morgan fingerprint density at radius 3 is 2.00 bits per heavy atom. The lowest BCUT2D eigenvalue weighted by molar-refractivity contribution is 0.0525. The summed E-state index contributed by atoms with van der Waals surface area (Å²) in [5.41, 5.74) is 0.853. The van der Waals surface area contributed by atoms with Crippen molar-refractivity contribution in [3.8, 4) is 5.75 Å². The number of halogens is 1. The quantitative estimate of drug-likeness (QED) is 0.640. The largest absolute Gasteiger partial charge is 0.497 e. The van der Waals surface area contributed by atoms with Crippen LogP contribution < -0.4 is 10.1 Å². The van der Waals surface area contributed by atoms with Gasteiger partial charge in [0.15, 0.2) is 0 Å². The molecule has 0 saturated heterocycles. The van der Waals surface area contributed by atoms with Crippen LogP contribution in [0.15, 0.2) is 40.9 Å². The number of nitrogens with one attached hydrogen (secondary N) is 1. The number of methoxy groups -OCH3 is 1. The molecule has 2 aromatic rings. The van der Waals surface area contributed by atoms with Gasteiger partial charge in [-0.2, -0.15) is 0 Å². The lowest BCUT2D eigenvalue weighted by Gasteiger charge is -2.12. The molecule has 0 bridgehead atoms. The molecule has 0 fully saturated rings. The molecule has 2 rings (SSSR count). The molecule has 1 amide bonds. The lowest BCUT2D eigenvalue weighted by atomic mass is 10.1. The summed E-state index contributed by atoms with van der Waals surface area (Å²) in [5, 5.41) is 2.69. The normalized spacial score (nSPS) is 10.1. The number of hydrogen-bond donors (Lipinski definition) is 1. The number of anilines is 1. The van der Waals surface area contributed by atoms with E-state index in [1.807, 2.05) is 0 Å². The van der Waals surface area contributed by atoms with E-state index in [9.17, 15) is 14.4 Å². The summed E-state index contributed by atoms with van der Waals surface area (Å²) in [6.07, 6.45) is 0. The minimum Gasteiger partial charge on any atom is -0.497 e. The molecule has 0 saturated carbocycles. The number of esters is 2. The van der Waals surface area contributed by atoms with Gasteiger partial charge in [-0.15, -0.1) is 0 Å². The van der Waals surface area contributed by atoms with Gasteiger partial charge in [-0.1, -0.05) is 0 Å². The maximum absolute atomic E-state index is 12.7. The van der Waals surface area contributed by atoms with Gasteiger partial charge >= 0.3 is 11.9 Å². The number of amides is 1. The average molecular weight is 450 g/mol. The van der Waals surface area contributed by atoms with E-state index in [1.54, 1.807) is 32.0 Å². The maximum atomic E-state index is 12.7. The molecule has 0 unspecified atom stereocenters. The SMILES string of the molecule is CCOC(=O)c1cc(NC(=O)c2cc(OC)ccc2Br)cc(C(=O)OCC)c1. The van der Waals surface area contributed by atoms with Crippen molar-refractivity contribution >= 4 is 39.5 Å². The molecular formula is C20H20BrNO6. The summed E-state index contributed by atoms with van der Waals surface area (Å²) >= 11 is 3.33. The Labute approximate surface area is 171 Å². The number of ether oxygens (including phenoxy) is 3. The van der Waals surface area contributed by atoms with Crippen LogP contribution in [0.2, 0.25) is 0 Å². The number of carbonyl (C=O) groups excluding carboxylic acids is 3. The van der Waals surface area contributed by atoms with Gasteiger partial charge in [-0.25, -0.2) is 9.59 Å². The fraction of sp³-hybridized carbons (Fsp3) is 0.250. The first-order chi connectivity index (χ1) is 13.4. The number of carbonyl (C=O) groups is 3. The first-order valence-electron chi connectivity index (χ1n) is 8.53. The van der Waals surface area contributed by atoms with Crippen molar-refractivity contribution in [1.29, 1.82) is 0 Å². The summed E-state index contributed by atoms with van der Waals surface area (Å²) < 4.78 is 15.7. The highest BCUT2D eigenvalue weighted by atomic mass is 79.9. The molecule has 0 radical (unpaired) electrons. The summed E-state index contributed by atoms with van der Waals surface area (Å²) in [4.78, 5) is 36.9. The van der Waals surface area contributed by atoms with Crippen molar-refractivity contribution in [2.75, 3.05) is 25.6 Å². The minimum atomic E-state index is -0.605. The topological polar surface area (TPSA) is 90.9 Å². The monoisotopic (exact) mass is 449 g/mol. The van der Waals surface area contributed by atoms with Crippen LogP contribution in [0.3, 0.4) is 0 Å². The molecule has 2 aromatic carbocycles. The van der Waals surface area contributed by atoms with E-state index in [2.05, 4.69) is 21.2 Å². The smallest absolute Gasteiger partial charge is 0.338 e. The van der Waals surface area contributed by atoms with Crippen LogP contribution in [0.5, 0.6) is 5.75 Å². The molecule has 0 aliphatic rings. The highest BCUT2D eigenvalue weighted by Crippen LogP contribution is 2.24. The third kappa shape index (κ3) is 5.32. The fourth-order valence-corrected chi connectivity index (χ4v) is 2.79. The molecule has 28 heavy (non-hydrogen) atoms. The third-order valence-electron chi connectivity index (χ3n) is 3.63. The van der Waals surface area contributed by atoms with Crippen LogP contribution in [0.25, 0.3) is 0 Å². The second-order valence-corrected chi connectivity index (χ2v) is 6.39. The summed E-state index contributed by atoms with van der Waals surface area (Å²) in [6.45, 7) is 3.72. The molecule has 148 valence electrons. The summed E-state index contributed by atoms with van der Waals surface area (Å²) in [5.74, 6) is -1.14. The Morgan fingerprint density at radius 2 is 1.50 bits per heavy atom. The first-order valence-corrected chi connectivity index (χ1v) is 9.33. The van der Waals surface area contributed by atoms with Crippen LogP contribution in [0.4, 0.5) is 5.69 Å². The van der Waals surface area contributed by atoms with Gasteiger partial charge in [0.25, 0.3) is 5.91 Å². The van der Waals surface area contributed by atoms with Gasteiger partial charge in [-0.05, 0) is 66.2 Å². The zero-order valence-corrected chi connectivity index (χ0v) is 17.3. The second-order valence-electron chi connectivity index (χ2n) is 5.54. The van der Waals surface area contributed by atoms with E-state index in [1.165, 1.54) is 25.3 Å². The molecule has 1 N–H and O–H groups in total. The van der Waals surface area contributed by atoms with Crippen LogP contribution in [-0.2, 0) is 9.47 Å². The van der Waals surface area contributed by atoms with Gasteiger partial charge in [-0.3, -0.25) is 4.79 Å². The Morgan fingerprint density at radius 1 is 0.929 bits per heavy atom. The Kier molecular flexibility index (Phi) is 7.57. The molecule has 7 nitrogen and oxygen atoms in total. The van der Waals surface area contributed by atoms with E-state index in [0.717, 1.165) is 0 Å². The van der Waals surface area contributed by atoms with E-state index < -0.39 is 17.8 Å². The number of rotatable bonds is 7. The van der Waals surface area contributed by atoms with Gasteiger partial charge in [0.2, 0.25) is 0 Å². The van der Waals surface area contributed by atoms with Crippen molar-refractivity contribution < 1.29 is 28.6 Å². The second kappa shape index (κ2) is 9.89. The highest BCUT2D eigenvalue weighted by Gasteiger charge is 2.17. The molecule has 0 heterocycles. The van der Waals surface area contributed by atoms with Crippen molar-refractivity contribution in [3.63, 3.8) is 0 Å². The van der Waals surface area contributed by atoms with Crippen molar-refractivity contribution in [2.24, 2.45) is 0 Å². The Bertz CT molecular complexity index is 860. The lowest BCUT2D eigenvalue weighted by Crippen LogP contribution is -2.15. The van der Waals surface area contributed by atoms with Crippen LogP contribution in [0.1, 0.15) is 44.9 Å². The summed E-state index contributed by atoms with van der Waals surface area (Å²) in [6, 6.07) is 9.21. The van der Waals surface area contributed by atoms with E-state index in [0.29, 0.717) is 15.8 Å². The maximum Gasteiger partial charge on any atom is 0.338 e. The van der Waals surface area contributed by atoms with Gasteiger partial charge in [0, 0.05) is 10.2 Å². The van der Waals surface area contributed by atoms with E-state index in [4.69, 9.17) is 14.2 Å². The standard InChI is InChI=1S/C20H20BrNO6/c1-4-27-19(24)12-8-13(20(25)28-5-2)10-14(9-12)22-18(23)16-11-15(26-3)6-7-17(16)21/h6-11H,4-5H2,1-3H3,(H,22,23). The van der Waals surface area contributed by atoms with Gasteiger partial charge in [0.05, 0.1) is 37.0 Å². The fourth-order valence-electron chi connectivity index (χ4n) is 2.37. The van der Waals surface area contributed by atoms with Gasteiger partial charge in [0.1, 0.15) is 5.75 Å². The van der Waals surface area contributed by atoms with Crippen molar-refractivity contribution in [1.82, 2.24) is 0 Å². The zero-order chi connectivity index (χ0) is 20.7. The highest BCUT2D eigenvalue weighted by molar-refractivity contribution is 9.10. The van der Waals surface area contributed by atoms with Gasteiger partial charge < -0.3 is 19.5 Å². The molecule has 8 heteroatoms. The minimum absolute atomic E-state index is 0.132. The number of benzene rings is 2. The Balaban J connectivity index is 2.39. The van der Waals surface area contributed by atoms with E-state index >= 15 is 0 Å². The molecule has 0 spiro atoms. The molecule has 0 aromatic heterocycles. The van der Waals surface area contributed by atoms with E-state index in [-0.39, 0.29) is 30.0 Å². The molecule has 0 atom stereocenters. The predicted octanol–water partition coefficient (Wildman–Crippen LogP) is 4.06. The molecular weight excluding hydrogens is 430 g/mol. The molecule has 0 aliphatic heterocycles. The third-order valence-corrected chi connectivity index (χ3v) is 4.32. The zero-order valence-electron chi connectivity index (χ0n) is 15.7. The average Bonchev–Trinajstić information content (AvgIpc) is 2.68. The Hall–Kier alpha value is -2.87. The van der Waals surface area contributed by atoms with Crippen LogP contribution >= 0.6 is 15.9 Å². The van der Waals surface area contributed by atoms with Crippen molar-refractivity contribution in [2.45, 2.75) is 13.8 Å². The number of hydrogen-bond acceptors (Lipinski definition) is 6. The van der Waals surface area contributed by atoms with Crippen LogP contribution in [-0.4, -0.2) is 38.2 Å². The van der Waals surface area contributed by atoms with Crippen LogP contribution in [0, 0.1) is 0 Å². The van der Waals surface area contributed by atoms with Crippen molar-refractivity contribution in [3.05, 3.63) is 57.6 Å². The predicted molar refractivity (Wildman–Crippen MR) is 107 cm³/mol.